The van der Waals surface area contributed by atoms with E-state index >= 15 is 0 Å². The summed E-state index contributed by atoms with van der Waals surface area (Å²) in [5.41, 5.74) is 1.95. The van der Waals surface area contributed by atoms with E-state index in [1.54, 1.807) is 0 Å². The highest BCUT2D eigenvalue weighted by molar-refractivity contribution is 7.12. The standard InChI is InChI=1S/C18H31NS/c1-13-10-17(20-14(13)2)12-19-11-15-6-8-16(9-7-15)18(3,4)5/h10,15-16,19H,6-9,11-12H2,1-5H3. The Hall–Kier alpha value is -0.340. The third-order valence-corrected chi connectivity index (χ3v) is 6.17. The molecule has 1 aliphatic carbocycles. The van der Waals surface area contributed by atoms with Gasteiger partial charge < -0.3 is 5.32 Å². The summed E-state index contributed by atoms with van der Waals surface area (Å²) < 4.78 is 0. The van der Waals surface area contributed by atoms with E-state index in [2.05, 4.69) is 46.0 Å². The smallest absolute Gasteiger partial charge is 0.0300 e. The number of rotatable bonds is 4. The molecule has 1 saturated carbocycles. The Morgan fingerprint density at radius 2 is 1.80 bits per heavy atom. The Kier molecular flexibility index (Phi) is 5.30. The second-order valence-corrected chi connectivity index (χ2v) is 9.01. The van der Waals surface area contributed by atoms with Crippen LogP contribution in [0.2, 0.25) is 0 Å². The summed E-state index contributed by atoms with van der Waals surface area (Å²) in [5.74, 6) is 1.83. The minimum absolute atomic E-state index is 0.504. The first-order chi connectivity index (χ1) is 9.36. The lowest BCUT2D eigenvalue weighted by atomic mass is 9.70. The van der Waals surface area contributed by atoms with E-state index in [0.717, 1.165) is 18.4 Å². The Morgan fingerprint density at radius 3 is 2.30 bits per heavy atom. The van der Waals surface area contributed by atoms with Gasteiger partial charge in [-0.25, -0.2) is 0 Å². The minimum Gasteiger partial charge on any atom is -0.312 e. The van der Waals surface area contributed by atoms with Crippen LogP contribution in [0.5, 0.6) is 0 Å². The van der Waals surface area contributed by atoms with Crippen molar-refractivity contribution in [3.63, 3.8) is 0 Å². The van der Waals surface area contributed by atoms with E-state index in [9.17, 15) is 0 Å². The molecule has 1 aromatic rings. The summed E-state index contributed by atoms with van der Waals surface area (Å²) >= 11 is 1.94. The maximum atomic E-state index is 3.68. The van der Waals surface area contributed by atoms with E-state index in [0.29, 0.717) is 5.41 Å². The van der Waals surface area contributed by atoms with Crippen LogP contribution in [0.1, 0.15) is 61.8 Å². The first-order valence-corrected chi connectivity index (χ1v) is 8.94. The largest absolute Gasteiger partial charge is 0.312 e. The zero-order chi connectivity index (χ0) is 14.8. The van der Waals surface area contributed by atoms with Crippen LogP contribution in [-0.2, 0) is 6.54 Å². The lowest BCUT2D eigenvalue weighted by Crippen LogP contribution is -2.30. The first-order valence-electron chi connectivity index (χ1n) is 8.13. The van der Waals surface area contributed by atoms with E-state index in [1.807, 2.05) is 11.3 Å². The maximum Gasteiger partial charge on any atom is 0.0300 e. The van der Waals surface area contributed by atoms with E-state index in [4.69, 9.17) is 0 Å². The lowest BCUT2D eigenvalue weighted by molar-refractivity contribution is 0.149. The molecule has 1 aromatic heterocycles. The Labute approximate surface area is 129 Å². The number of hydrogen-bond acceptors (Lipinski definition) is 2. The van der Waals surface area contributed by atoms with E-state index in [1.165, 1.54) is 47.5 Å². The molecule has 114 valence electrons. The van der Waals surface area contributed by atoms with Crippen LogP contribution in [0.4, 0.5) is 0 Å². The molecule has 2 rings (SSSR count). The predicted octanol–water partition coefficient (Wildman–Crippen LogP) is 5.31. The van der Waals surface area contributed by atoms with Gasteiger partial charge in [-0.05, 0) is 75.0 Å². The van der Waals surface area contributed by atoms with Gasteiger partial charge in [-0.2, -0.15) is 0 Å². The van der Waals surface area contributed by atoms with Gasteiger partial charge in [0, 0.05) is 16.3 Å². The molecule has 0 spiro atoms. The molecule has 0 amide bonds. The molecule has 1 N–H and O–H groups in total. The third-order valence-electron chi connectivity index (χ3n) is 5.02. The van der Waals surface area contributed by atoms with Crippen LogP contribution in [0, 0.1) is 31.1 Å². The van der Waals surface area contributed by atoms with Gasteiger partial charge in [-0.1, -0.05) is 20.8 Å². The summed E-state index contributed by atoms with van der Waals surface area (Å²) in [7, 11) is 0. The predicted molar refractivity (Wildman–Crippen MR) is 90.4 cm³/mol. The fourth-order valence-corrected chi connectivity index (χ4v) is 4.39. The molecule has 0 atom stereocenters. The highest BCUT2D eigenvalue weighted by Gasteiger charge is 2.29. The van der Waals surface area contributed by atoms with E-state index < -0.39 is 0 Å². The first kappa shape index (κ1) is 16.0. The molecule has 0 aromatic carbocycles. The van der Waals surface area contributed by atoms with Crippen LogP contribution in [0.3, 0.4) is 0 Å². The van der Waals surface area contributed by atoms with Crippen molar-refractivity contribution in [2.75, 3.05) is 6.54 Å². The molecule has 1 nitrogen and oxygen atoms in total. The molecular formula is C18H31NS. The third kappa shape index (κ3) is 4.33. The van der Waals surface area contributed by atoms with Gasteiger partial charge in [-0.15, -0.1) is 11.3 Å². The van der Waals surface area contributed by atoms with Crippen molar-refractivity contribution in [3.05, 3.63) is 21.4 Å². The van der Waals surface area contributed by atoms with Crippen molar-refractivity contribution < 1.29 is 0 Å². The number of nitrogens with one attached hydrogen (secondary N) is 1. The van der Waals surface area contributed by atoms with Crippen molar-refractivity contribution in [1.29, 1.82) is 0 Å². The maximum absolute atomic E-state index is 3.68. The van der Waals surface area contributed by atoms with Crippen molar-refractivity contribution in [3.8, 4) is 0 Å². The summed E-state index contributed by atoms with van der Waals surface area (Å²) in [4.78, 5) is 2.95. The monoisotopic (exact) mass is 293 g/mol. The van der Waals surface area contributed by atoms with Crippen molar-refractivity contribution >= 4 is 11.3 Å². The molecule has 0 radical (unpaired) electrons. The quantitative estimate of drug-likeness (QED) is 0.793. The second-order valence-electron chi connectivity index (χ2n) is 7.67. The number of hydrogen-bond donors (Lipinski definition) is 1. The Balaban J connectivity index is 1.69. The summed E-state index contributed by atoms with van der Waals surface area (Å²) in [5, 5.41) is 3.68. The highest BCUT2D eigenvalue weighted by Crippen LogP contribution is 2.39. The number of thiophene rings is 1. The molecule has 20 heavy (non-hydrogen) atoms. The normalized spacial score (nSPS) is 24.1. The van der Waals surface area contributed by atoms with Crippen LogP contribution in [0.25, 0.3) is 0 Å². The Morgan fingerprint density at radius 1 is 1.15 bits per heavy atom. The van der Waals surface area contributed by atoms with Crippen molar-refractivity contribution in [2.24, 2.45) is 17.3 Å². The Bertz CT molecular complexity index is 400. The van der Waals surface area contributed by atoms with Crippen LogP contribution >= 0.6 is 11.3 Å². The summed E-state index contributed by atoms with van der Waals surface area (Å²) in [6.07, 6.45) is 5.68. The average molecular weight is 294 g/mol. The summed E-state index contributed by atoms with van der Waals surface area (Å²) in [6, 6.07) is 2.34. The molecule has 1 aliphatic rings. The van der Waals surface area contributed by atoms with Gasteiger partial charge in [0.2, 0.25) is 0 Å². The van der Waals surface area contributed by atoms with Crippen molar-refractivity contribution in [2.45, 2.75) is 66.8 Å². The minimum atomic E-state index is 0.504. The van der Waals surface area contributed by atoms with Gasteiger partial charge in [0.05, 0.1) is 0 Å². The summed E-state index contributed by atoms with van der Waals surface area (Å²) in [6.45, 7) is 13.9. The fourth-order valence-electron chi connectivity index (χ4n) is 3.37. The van der Waals surface area contributed by atoms with Crippen LogP contribution in [0.15, 0.2) is 6.07 Å². The molecule has 0 bridgehead atoms. The SMILES string of the molecule is Cc1cc(CNCC2CCC(C(C)(C)C)CC2)sc1C. The topological polar surface area (TPSA) is 12.0 Å². The van der Waals surface area contributed by atoms with Gasteiger partial charge >= 0.3 is 0 Å². The molecule has 0 aliphatic heterocycles. The van der Waals surface area contributed by atoms with Gasteiger partial charge in [0.15, 0.2) is 0 Å². The van der Waals surface area contributed by atoms with E-state index in [-0.39, 0.29) is 0 Å². The highest BCUT2D eigenvalue weighted by atomic mass is 32.1. The molecular weight excluding hydrogens is 262 g/mol. The molecule has 0 unspecified atom stereocenters. The lowest BCUT2D eigenvalue weighted by Gasteiger charge is -2.37. The molecule has 1 fully saturated rings. The van der Waals surface area contributed by atoms with Crippen molar-refractivity contribution in [1.82, 2.24) is 5.32 Å². The van der Waals surface area contributed by atoms with Gasteiger partial charge in [0.1, 0.15) is 0 Å². The van der Waals surface area contributed by atoms with Gasteiger partial charge in [-0.3, -0.25) is 0 Å². The second kappa shape index (κ2) is 6.62. The molecule has 1 heterocycles. The van der Waals surface area contributed by atoms with Crippen LogP contribution < -0.4 is 5.32 Å². The number of aryl methyl sites for hydroxylation is 2. The zero-order valence-electron chi connectivity index (χ0n) is 13.9. The van der Waals surface area contributed by atoms with Crippen LogP contribution in [-0.4, -0.2) is 6.54 Å². The zero-order valence-corrected chi connectivity index (χ0v) is 14.7. The average Bonchev–Trinajstić information content (AvgIpc) is 2.68. The molecule has 2 heteroatoms. The fraction of sp³-hybridized carbons (Fsp3) is 0.778. The molecule has 0 saturated heterocycles. The van der Waals surface area contributed by atoms with Gasteiger partial charge in [0.25, 0.3) is 0 Å².